The summed E-state index contributed by atoms with van der Waals surface area (Å²) in [5.74, 6) is 1.66. The number of nitrogens with one attached hydrogen (secondary N) is 1. The van der Waals surface area contributed by atoms with E-state index in [-0.39, 0.29) is 5.56 Å². The van der Waals surface area contributed by atoms with Crippen LogP contribution in [0.3, 0.4) is 0 Å². The molecule has 2 aliphatic carbocycles. The van der Waals surface area contributed by atoms with Crippen molar-refractivity contribution in [1.29, 1.82) is 0 Å². The highest BCUT2D eigenvalue weighted by Crippen LogP contribution is 2.35. The van der Waals surface area contributed by atoms with Crippen LogP contribution in [0.1, 0.15) is 110 Å². The molecule has 5 nitrogen and oxygen atoms in total. The lowest BCUT2D eigenvalue weighted by Gasteiger charge is -2.26. The fraction of sp³-hybridized carbons (Fsp3) is 0.486. The average Bonchev–Trinajstić information content (AvgIpc) is 2.96. The second-order valence-electron chi connectivity index (χ2n) is 11.8. The molecule has 0 amide bonds. The minimum atomic E-state index is -0.0444. The van der Waals surface area contributed by atoms with Gasteiger partial charge in [0.1, 0.15) is 12.1 Å². The van der Waals surface area contributed by atoms with Gasteiger partial charge in [0, 0.05) is 30.2 Å². The zero-order valence-corrected chi connectivity index (χ0v) is 23.7. The Balaban J connectivity index is 1.05. The van der Waals surface area contributed by atoms with Crippen LogP contribution >= 0.6 is 0 Å². The number of fused-ring (bicyclic) bond motifs is 1. The second kappa shape index (κ2) is 14.3. The van der Waals surface area contributed by atoms with Crippen LogP contribution in [0.15, 0.2) is 59.8 Å². The molecule has 2 heterocycles. The molecule has 0 unspecified atom stereocenters. The molecule has 0 atom stereocenters. The van der Waals surface area contributed by atoms with Crippen LogP contribution in [0.4, 0.5) is 0 Å². The molecule has 1 fully saturated rings. The topological polar surface area (TPSA) is 75.7 Å². The van der Waals surface area contributed by atoms with Gasteiger partial charge in [-0.2, -0.15) is 0 Å². The number of carbonyl (C=O) groups excluding carboxylic acids is 1. The van der Waals surface area contributed by atoms with Crippen molar-refractivity contribution in [1.82, 2.24) is 15.0 Å². The number of rotatable bonds is 11. The molecule has 40 heavy (non-hydrogen) atoms. The number of aromatic amines is 1. The number of Topliss-reactive ketones (excluding diaryl/α,β-unsaturated/α-hetero) is 1. The van der Waals surface area contributed by atoms with E-state index in [0.717, 1.165) is 44.1 Å². The van der Waals surface area contributed by atoms with E-state index in [1.54, 1.807) is 12.5 Å². The van der Waals surface area contributed by atoms with Gasteiger partial charge in [-0.1, -0.05) is 68.2 Å². The van der Waals surface area contributed by atoms with Crippen molar-refractivity contribution in [3.63, 3.8) is 0 Å². The average molecular weight is 538 g/mol. The third-order valence-electron chi connectivity index (χ3n) is 8.84. The van der Waals surface area contributed by atoms with Gasteiger partial charge in [-0.25, -0.2) is 9.97 Å². The lowest BCUT2D eigenvalue weighted by Crippen LogP contribution is -2.14. The molecule has 2 aromatic heterocycles. The molecule has 210 valence electrons. The van der Waals surface area contributed by atoms with Crippen molar-refractivity contribution < 1.29 is 4.79 Å². The SMILES string of the molecule is O=C(CCCc1cccc(C2CCCC(Cc3ncnc4c3C=CCC4)CCC2)c1)CCCc1ccc[nH]c1=O. The van der Waals surface area contributed by atoms with E-state index in [9.17, 15) is 9.59 Å². The Morgan fingerprint density at radius 1 is 0.950 bits per heavy atom. The second-order valence-corrected chi connectivity index (χ2v) is 11.8. The van der Waals surface area contributed by atoms with Crippen molar-refractivity contribution in [3.8, 4) is 0 Å². The summed E-state index contributed by atoms with van der Waals surface area (Å²) < 4.78 is 0. The van der Waals surface area contributed by atoms with E-state index in [1.807, 2.05) is 12.1 Å². The Morgan fingerprint density at radius 3 is 2.60 bits per heavy atom. The number of hydrogen-bond donors (Lipinski definition) is 1. The van der Waals surface area contributed by atoms with Crippen molar-refractivity contribution in [2.24, 2.45) is 5.92 Å². The standard InChI is InChI=1S/C35H43N3O2/c39-31(19-7-15-29-17-8-22-36-35(29)40)18-6-12-26-9-5-16-30(23-26)28-13-3-10-27(11-4-14-28)24-34-32-20-1-2-21-33(32)37-25-38-34/h1,5,8-9,16-17,20,22-23,25,27-28H,2-4,6-7,10-15,18-19,21,24H2,(H,36,40). The zero-order chi connectivity index (χ0) is 27.6. The number of benzene rings is 1. The summed E-state index contributed by atoms with van der Waals surface area (Å²) >= 11 is 0. The molecular formula is C35H43N3O2. The van der Waals surface area contributed by atoms with Crippen molar-refractivity contribution in [2.75, 3.05) is 0 Å². The lowest BCUT2D eigenvalue weighted by molar-refractivity contribution is -0.119. The van der Waals surface area contributed by atoms with Crippen LogP contribution in [0.5, 0.6) is 0 Å². The van der Waals surface area contributed by atoms with E-state index in [2.05, 4.69) is 51.4 Å². The summed E-state index contributed by atoms with van der Waals surface area (Å²) in [6.45, 7) is 0. The number of carbonyl (C=O) groups is 1. The van der Waals surface area contributed by atoms with Crippen molar-refractivity contribution >= 4 is 11.9 Å². The fourth-order valence-electron chi connectivity index (χ4n) is 6.60. The number of aromatic nitrogens is 3. The highest BCUT2D eigenvalue weighted by Gasteiger charge is 2.21. The van der Waals surface area contributed by atoms with Crippen LogP contribution in [0.25, 0.3) is 6.08 Å². The first-order valence-corrected chi connectivity index (χ1v) is 15.4. The predicted molar refractivity (Wildman–Crippen MR) is 161 cm³/mol. The minimum Gasteiger partial charge on any atom is -0.329 e. The molecule has 5 rings (SSSR count). The normalized spacial score (nSPS) is 19.0. The molecule has 0 radical (unpaired) electrons. The Kier molecular flexibility index (Phi) is 10.1. The van der Waals surface area contributed by atoms with Crippen LogP contribution in [0, 0.1) is 5.92 Å². The van der Waals surface area contributed by atoms with Gasteiger partial charge in [-0.3, -0.25) is 9.59 Å². The summed E-state index contributed by atoms with van der Waals surface area (Å²) in [4.78, 5) is 36.1. The summed E-state index contributed by atoms with van der Waals surface area (Å²) in [6, 6.07) is 12.8. The van der Waals surface area contributed by atoms with Gasteiger partial charge in [0.05, 0.1) is 11.4 Å². The molecule has 1 saturated carbocycles. The van der Waals surface area contributed by atoms with Crippen LogP contribution < -0.4 is 5.56 Å². The summed E-state index contributed by atoms with van der Waals surface area (Å²) in [6.07, 6.45) is 23.1. The van der Waals surface area contributed by atoms with Crippen molar-refractivity contribution in [2.45, 2.75) is 102 Å². The van der Waals surface area contributed by atoms with E-state index >= 15 is 0 Å². The highest BCUT2D eigenvalue weighted by molar-refractivity contribution is 5.78. The van der Waals surface area contributed by atoms with Gasteiger partial charge in [-0.05, 0) is 86.8 Å². The van der Waals surface area contributed by atoms with E-state index in [4.69, 9.17) is 0 Å². The van der Waals surface area contributed by atoms with Gasteiger partial charge < -0.3 is 4.98 Å². The zero-order valence-electron chi connectivity index (χ0n) is 23.7. The van der Waals surface area contributed by atoms with Crippen LogP contribution in [-0.2, 0) is 30.5 Å². The molecule has 3 aromatic rings. The number of ketones is 1. The number of hydrogen-bond acceptors (Lipinski definition) is 4. The molecule has 0 spiro atoms. The Labute approximate surface area is 238 Å². The van der Waals surface area contributed by atoms with E-state index < -0.39 is 0 Å². The monoisotopic (exact) mass is 537 g/mol. The summed E-state index contributed by atoms with van der Waals surface area (Å²) in [5, 5.41) is 0. The van der Waals surface area contributed by atoms with Gasteiger partial charge in [0.25, 0.3) is 5.56 Å². The molecule has 1 aromatic carbocycles. The number of pyridine rings is 1. The largest absolute Gasteiger partial charge is 0.329 e. The maximum Gasteiger partial charge on any atom is 0.251 e. The number of allylic oxidation sites excluding steroid dienone is 1. The molecular weight excluding hydrogens is 494 g/mol. The van der Waals surface area contributed by atoms with Crippen molar-refractivity contribution in [3.05, 3.63) is 99.0 Å². The van der Waals surface area contributed by atoms with Gasteiger partial charge in [-0.15, -0.1) is 0 Å². The number of nitrogens with zero attached hydrogens (tertiary/aromatic N) is 2. The van der Waals surface area contributed by atoms with Gasteiger partial charge >= 0.3 is 0 Å². The lowest BCUT2D eigenvalue weighted by atomic mass is 9.80. The first-order valence-electron chi connectivity index (χ1n) is 15.4. The summed E-state index contributed by atoms with van der Waals surface area (Å²) in [5.41, 5.74) is 7.31. The molecule has 2 aliphatic rings. The van der Waals surface area contributed by atoms with E-state index in [1.165, 1.54) is 66.6 Å². The molecule has 0 bridgehead atoms. The molecule has 0 saturated heterocycles. The Hall–Kier alpha value is -3.34. The molecule has 0 aliphatic heterocycles. The van der Waals surface area contributed by atoms with E-state index in [0.29, 0.717) is 36.9 Å². The van der Waals surface area contributed by atoms with Gasteiger partial charge in [0.15, 0.2) is 0 Å². The summed E-state index contributed by atoms with van der Waals surface area (Å²) in [7, 11) is 0. The minimum absolute atomic E-state index is 0.0444. The van der Waals surface area contributed by atoms with Crippen LogP contribution in [-0.4, -0.2) is 20.7 Å². The maximum atomic E-state index is 12.4. The predicted octanol–water partition coefficient (Wildman–Crippen LogP) is 7.34. The third-order valence-corrected chi connectivity index (χ3v) is 8.84. The Morgan fingerprint density at radius 2 is 1.77 bits per heavy atom. The highest BCUT2D eigenvalue weighted by atomic mass is 16.1. The fourth-order valence-corrected chi connectivity index (χ4v) is 6.60. The van der Waals surface area contributed by atoms with Gasteiger partial charge in [0.2, 0.25) is 0 Å². The number of H-pyrrole nitrogens is 1. The van der Waals surface area contributed by atoms with Crippen LogP contribution in [0.2, 0.25) is 0 Å². The molecule has 5 heteroatoms. The Bertz CT molecular complexity index is 1350. The smallest absolute Gasteiger partial charge is 0.251 e. The first kappa shape index (κ1) is 28.2. The number of aryl methyl sites for hydroxylation is 3. The maximum absolute atomic E-state index is 12.4. The molecule has 1 N–H and O–H groups in total. The third kappa shape index (κ3) is 7.87. The first-order chi connectivity index (χ1) is 19.7. The quantitative estimate of drug-likeness (QED) is 0.278.